The van der Waals surface area contributed by atoms with Crippen LogP contribution in [0.1, 0.15) is 75.6 Å². The summed E-state index contributed by atoms with van der Waals surface area (Å²) >= 11 is 0. The molecule has 7 heteroatoms. The van der Waals surface area contributed by atoms with Gasteiger partial charge in [0.15, 0.2) is 0 Å². The normalized spacial score (nSPS) is 29.4. The molecule has 4 rings (SSSR count). The van der Waals surface area contributed by atoms with Crippen LogP contribution in [-0.2, 0) is 22.1 Å². The maximum absolute atomic E-state index is 14.0. The van der Waals surface area contributed by atoms with Gasteiger partial charge in [0.1, 0.15) is 0 Å². The van der Waals surface area contributed by atoms with Gasteiger partial charge in [0.2, 0.25) is 5.91 Å². The van der Waals surface area contributed by atoms with Crippen molar-refractivity contribution in [3.63, 3.8) is 0 Å². The lowest BCUT2D eigenvalue weighted by Crippen LogP contribution is -2.50. The Kier molecular flexibility index (Phi) is 6.61. The Morgan fingerprint density at radius 3 is 2.56 bits per heavy atom. The summed E-state index contributed by atoms with van der Waals surface area (Å²) in [4.78, 5) is 15.8. The van der Waals surface area contributed by atoms with Crippen LogP contribution in [0.15, 0.2) is 18.2 Å². The number of alkyl halides is 3. The zero-order valence-corrected chi connectivity index (χ0v) is 19.3. The molecule has 0 aromatic heterocycles. The second-order valence-corrected chi connectivity index (χ2v) is 10.1. The van der Waals surface area contributed by atoms with Crippen LogP contribution >= 0.6 is 0 Å². The molecule has 178 valence electrons. The number of nitrogens with zero attached hydrogens (tertiary/aromatic N) is 1. The van der Waals surface area contributed by atoms with Crippen LogP contribution in [0.25, 0.3) is 0 Å². The molecule has 2 fully saturated rings. The summed E-state index contributed by atoms with van der Waals surface area (Å²) in [5.41, 5.74) is 0.445. The zero-order valence-electron chi connectivity index (χ0n) is 19.3. The maximum Gasteiger partial charge on any atom is 0.416 e. The lowest BCUT2D eigenvalue weighted by atomic mass is 9.73. The van der Waals surface area contributed by atoms with Gasteiger partial charge in [-0.2, -0.15) is 13.2 Å². The number of amides is 1. The van der Waals surface area contributed by atoms with Crippen molar-refractivity contribution in [1.82, 2.24) is 10.2 Å². The molecule has 2 aliphatic heterocycles. The monoisotopic (exact) mass is 452 g/mol. The fraction of sp³-hybridized carbons (Fsp3) is 0.720. The Bertz CT molecular complexity index is 835. The highest BCUT2D eigenvalue weighted by Crippen LogP contribution is 2.48. The van der Waals surface area contributed by atoms with E-state index in [0.29, 0.717) is 30.6 Å². The van der Waals surface area contributed by atoms with Crippen LogP contribution < -0.4 is 5.32 Å². The summed E-state index contributed by atoms with van der Waals surface area (Å²) in [5, 5.41) is 3.76. The van der Waals surface area contributed by atoms with Crippen molar-refractivity contribution < 1.29 is 22.7 Å². The number of halogens is 3. The summed E-state index contributed by atoms with van der Waals surface area (Å²) in [6, 6.07) is 4.36. The number of fused-ring (bicyclic) bond motifs is 1. The molecule has 3 atom stereocenters. The summed E-state index contributed by atoms with van der Waals surface area (Å²) in [6.45, 7) is 8.21. The quantitative estimate of drug-likeness (QED) is 0.690. The van der Waals surface area contributed by atoms with E-state index in [1.165, 1.54) is 6.07 Å². The first kappa shape index (κ1) is 23.6. The van der Waals surface area contributed by atoms with Crippen LogP contribution in [0.4, 0.5) is 13.2 Å². The molecular formula is C25H35F3N2O2. The van der Waals surface area contributed by atoms with E-state index >= 15 is 0 Å². The molecule has 0 bridgehead atoms. The van der Waals surface area contributed by atoms with Gasteiger partial charge in [-0.25, -0.2) is 0 Å². The SMILES string of the molecule is CC1c2cc(C(F)(F)F)ccc2CCN1C(=O)C1(C(C)C)CC[C@@H](NC2CCOCC2)C1. The van der Waals surface area contributed by atoms with Gasteiger partial charge < -0.3 is 15.0 Å². The molecular weight excluding hydrogens is 417 g/mol. The third-order valence-electron chi connectivity index (χ3n) is 8.05. The lowest BCUT2D eigenvalue weighted by molar-refractivity contribution is -0.147. The Labute approximate surface area is 188 Å². The molecule has 3 aliphatic rings. The molecule has 0 radical (unpaired) electrons. The first-order valence-electron chi connectivity index (χ1n) is 12.0. The molecule has 32 heavy (non-hydrogen) atoms. The second kappa shape index (κ2) is 8.98. The Morgan fingerprint density at radius 1 is 1.19 bits per heavy atom. The molecule has 4 nitrogen and oxygen atoms in total. The van der Waals surface area contributed by atoms with Gasteiger partial charge >= 0.3 is 6.18 Å². The van der Waals surface area contributed by atoms with E-state index in [1.807, 2.05) is 11.8 Å². The fourth-order valence-electron chi connectivity index (χ4n) is 5.93. The minimum Gasteiger partial charge on any atom is -0.381 e. The van der Waals surface area contributed by atoms with Gasteiger partial charge in [0.05, 0.1) is 17.0 Å². The van der Waals surface area contributed by atoms with Crippen molar-refractivity contribution in [1.29, 1.82) is 0 Å². The number of nitrogens with one attached hydrogen (secondary N) is 1. The summed E-state index contributed by atoms with van der Waals surface area (Å²) in [7, 11) is 0. The average Bonchev–Trinajstić information content (AvgIpc) is 3.19. The number of hydrogen-bond donors (Lipinski definition) is 1. The van der Waals surface area contributed by atoms with Gasteiger partial charge in [0, 0.05) is 31.8 Å². The second-order valence-electron chi connectivity index (χ2n) is 10.1. The summed E-state index contributed by atoms with van der Waals surface area (Å²) < 4.78 is 45.3. The highest BCUT2D eigenvalue weighted by molar-refractivity contribution is 5.84. The Hall–Kier alpha value is -1.60. The predicted molar refractivity (Wildman–Crippen MR) is 117 cm³/mol. The maximum atomic E-state index is 14.0. The molecule has 2 heterocycles. The van der Waals surface area contributed by atoms with Crippen LogP contribution in [0.2, 0.25) is 0 Å². The number of hydrogen-bond acceptors (Lipinski definition) is 3. The average molecular weight is 453 g/mol. The molecule has 1 aromatic rings. The molecule has 1 aromatic carbocycles. The van der Waals surface area contributed by atoms with Crippen molar-refractivity contribution >= 4 is 5.91 Å². The highest BCUT2D eigenvalue weighted by Gasteiger charge is 2.50. The molecule has 2 unspecified atom stereocenters. The first-order valence-corrected chi connectivity index (χ1v) is 12.0. The lowest BCUT2D eigenvalue weighted by Gasteiger charge is -2.43. The Morgan fingerprint density at radius 2 is 1.91 bits per heavy atom. The van der Waals surface area contributed by atoms with E-state index in [2.05, 4.69) is 19.2 Å². The van der Waals surface area contributed by atoms with Crippen LogP contribution in [0, 0.1) is 11.3 Å². The third-order valence-corrected chi connectivity index (χ3v) is 8.05. The van der Waals surface area contributed by atoms with Crippen LogP contribution in [0.3, 0.4) is 0 Å². The van der Waals surface area contributed by atoms with Gasteiger partial charge in [-0.15, -0.1) is 0 Å². The molecule has 1 aliphatic carbocycles. The van der Waals surface area contributed by atoms with Crippen molar-refractivity contribution in [2.75, 3.05) is 19.8 Å². The van der Waals surface area contributed by atoms with Gasteiger partial charge in [-0.05, 0) is 74.6 Å². The van der Waals surface area contributed by atoms with E-state index < -0.39 is 17.2 Å². The van der Waals surface area contributed by atoms with Crippen molar-refractivity contribution in [3.8, 4) is 0 Å². The minimum atomic E-state index is -4.38. The predicted octanol–water partition coefficient (Wildman–Crippen LogP) is 5.11. The fourth-order valence-corrected chi connectivity index (χ4v) is 5.93. The van der Waals surface area contributed by atoms with E-state index in [-0.39, 0.29) is 17.9 Å². The molecule has 1 N–H and O–H groups in total. The molecule has 1 saturated carbocycles. The number of ether oxygens (including phenoxy) is 1. The smallest absolute Gasteiger partial charge is 0.381 e. The summed E-state index contributed by atoms with van der Waals surface area (Å²) in [5.74, 6) is 0.283. The topological polar surface area (TPSA) is 41.6 Å². The van der Waals surface area contributed by atoms with Crippen LogP contribution in [0.5, 0.6) is 0 Å². The van der Waals surface area contributed by atoms with Crippen molar-refractivity contribution in [2.45, 2.75) is 83.6 Å². The van der Waals surface area contributed by atoms with Gasteiger partial charge in [-0.1, -0.05) is 19.9 Å². The molecule has 1 amide bonds. The van der Waals surface area contributed by atoms with Crippen LogP contribution in [-0.4, -0.2) is 42.6 Å². The van der Waals surface area contributed by atoms with Crippen molar-refractivity contribution in [2.24, 2.45) is 11.3 Å². The number of carbonyl (C=O) groups is 1. The van der Waals surface area contributed by atoms with E-state index in [0.717, 1.165) is 56.9 Å². The van der Waals surface area contributed by atoms with Gasteiger partial charge in [-0.3, -0.25) is 4.79 Å². The summed E-state index contributed by atoms with van der Waals surface area (Å²) in [6.07, 6.45) is 0.790. The molecule has 1 saturated heterocycles. The van der Waals surface area contributed by atoms with E-state index in [4.69, 9.17) is 4.74 Å². The standard InChI is InChI=1S/C25H35F3N2O2/c1-16(2)24(10-6-21(15-24)29-20-8-12-32-13-9-20)23(31)30-11-7-18-4-5-19(25(26,27)28)14-22(18)17(30)3/h4-5,14,16-17,20-21,29H,6-13,15H2,1-3H3/t17?,21-,24?/m1/s1. The number of rotatable bonds is 4. The highest BCUT2D eigenvalue weighted by atomic mass is 19.4. The molecule has 0 spiro atoms. The van der Waals surface area contributed by atoms with E-state index in [9.17, 15) is 18.0 Å². The van der Waals surface area contributed by atoms with E-state index in [1.54, 1.807) is 6.07 Å². The number of benzene rings is 1. The number of carbonyl (C=O) groups excluding carboxylic acids is 1. The largest absolute Gasteiger partial charge is 0.416 e. The van der Waals surface area contributed by atoms with Gasteiger partial charge in [0.25, 0.3) is 0 Å². The third kappa shape index (κ3) is 4.43. The first-order chi connectivity index (χ1) is 15.1. The minimum absolute atomic E-state index is 0.110. The Balaban J connectivity index is 1.53. The van der Waals surface area contributed by atoms with Crippen molar-refractivity contribution in [3.05, 3.63) is 34.9 Å². The zero-order chi connectivity index (χ0) is 23.1.